The highest BCUT2D eigenvalue weighted by Gasteiger charge is 2.06. The van der Waals surface area contributed by atoms with Crippen LogP contribution < -0.4 is 10.1 Å². The van der Waals surface area contributed by atoms with Crippen molar-refractivity contribution in [2.24, 2.45) is 0 Å². The lowest BCUT2D eigenvalue weighted by atomic mass is 10.1. The van der Waals surface area contributed by atoms with Crippen molar-refractivity contribution < 1.29 is 9.53 Å². The lowest BCUT2D eigenvalue weighted by Gasteiger charge is -2.08. The minimum Gasteiger partial charge on any atom is -0.456 e. The summed E-state index contributed by atoms with van der Waals surface area (Å²) in [5.41, 5.74) is 2.41. The molecule has 1 aromatic heterocycles. The molecule has 114 valence electrons. The predicted octanol–water partition coefficient (Wildman–Crippen LogP) is 4.43. The fourth-order valence-corrected chi connectivity index (χ4v) is 2.14. The Balaban J connectivity index is 1.67. The summed E-state index contributed by atoms with van der Waals surface area (Å²) in [5.74, 6) is 1.23. The number of benzene rings is 2. The second-order valence-corrected chi connectivity index (χ2v) is 5.14. The quantitative estimate of drug-likeness (QED) is 0.775. The third kappa shape index (κ3) is 3.95. The Morgan fingerprint density at radius 3 is 2.52 bits per heavy atom. The van der Waals surface area contributed by atoms with Gasteiger partial charge < -0.3 is 10.1 Å². The molecule has 0 saturated carbocycles. The first-order chi connectivity index (χ1) is 11.2. The number of carbonyl (C=O) groups is 1. The van der Waals surface area contributed by atoms with Gasteiger partial charge in [0.15, 0.2) is 0 Å². The minimum absolute atomic E-state index is 0.130. The molecule has 0 aliphatic rings. The number of aromatic nitrogens is 1. The van der Waals surface area contributed by atoms with Gasteiger partial charge in [0.25, 0.3) is 5.91 Å². The van der Waals surface area contributed by atoms with E-state index < -0.39 is 0 Å². The molecule has 1 N–H and O–H groups in total. The van der Waals surface area contributed by atoms with Crippen LogP contribution >= 0.6 is 0 Å². The number of nitrogens with zero attached hydrogens (tertiary/aromatic N) is 1. The summed E-state index contributed by atoms with van der Waals surface area (Å²) in [4.78, 5) is 16.2. The topological polar surface area (TPSA) is 51.2 Å². The van der Waals surface area contributed by atoms with Crippen molar-refractivity contribution in [3.8, 4) is 11.5 Å². The Bertz CT molecular complexity index is 799. The summed E-state index contributed by atoms with van der Waals surface area (Å²) in [5, 5.41) is 2.87. The number of anilines is 1. The monoisotopic (exact) mass is 304 g/mol. The molecule has 0 saturated heterocycles. The zero-order chi connectivity index (χ0) is 16.1. The van der Waals surface area contributed by atoms with E-state index in [1.165, 1.54) is 0 Å². The number of ether oxygens (including phenoxy) is 1. The Morgan fingerprint density at radius 2 is 1.83 bits per heavy atom. The van der Waals surface area contributed by atoms with Crippen LogP contribution in [-0.4, -0.2) is 10.9 Å². The van der Waals surface area contributed by atoms with Gasteiger partial charge in [0.2, 0.25) is 0 Å². The maximum Gasteiger partial charge on any atom is 0.255 e. The molecule has 1 amide bonds. The van der Waals surface area contributed by atoms with Crippen molar-refractivity contribution in [2.75, 3.05) is 5.32 Å². The molecule has 3 rings (SSSR count). The Kier molecular flexibility index (Phi) is 4.34. The van der Waals surface area contributed by atoms with E-state index in [1.54, 1.807) is 42.7 Å². The molecule has 1 heterocycles. The molecular weight excluding hydrogens is 288 g/mol. The van der Waals surface area contributed by atoms with Crippen LogP contribution in [0.25, 0.3) is 0 Å². The molecule has 0 aliphatic heterocycles. The molecule has 0 radical (unpaired) electrons. The molecule has 0 fully saturated rings. The lowest BCUT2D eigenvalue weighted by Crippen LogP contribution is -2.11. The Hall–Kier alpha value is -3.14. The van der Waals surface area contributed by atoms with E-state index in [1.807, 2.05) is 37.3 Å². The average Bonchev–Trinajstić information content (AvgIpc) is 2.57. The van der Waals surface area contributed by atoms with E-state index in [0.29, 0.717) is 17.1 Å². The largest absolute Gasteiger partial charge is 0.456 e. The number of nitrogens with one attached hydrogen (secondary N) is 1. The summed E-state index contributed by atoms with van der Waals surface area (Å²) in [6.45, 7) is 1.96. The van der Waals surface area contributed by atoms with Crippen molar-refractivity contribution in [1.29, 1.82) is 0 Å². The van der Waals surface area contributed by atoms with E-state index in [9.17, 15) is 4.79 Å². The van der Waals surface area contributed by atoms with Gasteiger partial charge in [-0.2, -0.15) is 0 Å². The first-order valence-electron chi connectivity index (χ1n) is 7.27. The summed E-state index contributed by atoms with van der Waals surface area (Å²) in [7, 11) is 0. The van der Waals surface area contributed by atoms with E-state index in [-0.39, 0.29) is 5.91 Å². The van der Waals surface area contributed by atoms with Crippen molar-refractivity contribution in [2.45, 2.75) is 6.92 Å². The maximum absolute atomic E-state index is 12.2. The van der Waals surface area contributed by atoms with E-state index >= 15 is 0 Å². The second-order valence-electron chi connectivity index (χ2n) is 5.14. The van der Waals surface area contributed by atoms with Gasteiger partial charge in [0.1, 0.15) is 11.5 Å². The zero-order valence-electron chi connectivity index (χ0n) is 12.7. The number of aryl methyl sites for hydroxylation is 1. The van der Waals surface area contributed by atoms with Gasteiger partial charge >= 0.3 is 0 Å². The number of hydrogen-bond donors (Lipinski definition) is 1. The van der Waals surface area contributed by atoms with Gasteiger partial charge in [-0.25, -0.2) is 0 Å². The first-order valence-corrected chi connectivity index (χ1v) is 7.27. The van der Waals surface area contributed by atoms with Crippen molar-refractivity contribution in [3.05, 3.63) is 84.2 Å². The van der Waals surface area contributed by atoms with E-state index in [4.69, 9.17) is 4.74 Å². The van der Waals surface area contributed by atoms with E-state index in [2.05, 4.69) is 10.3 Å². The number of pyridine rings is 1. The maximum atomic E-state index is 12.2. The molecule has 0 atom stereocenters. The van der Waals surface area contributed by atoms with Crippen LogP contribution in [0, 0.1) is 6.92 Å². The van der Waals surface area contributed by atoms with Gasteiger partial charge in [0, 0.05) is 17.4 Å². The predicted molar refractivity (Wildman–Crippen MR) is 89.9 cm³/mol. The third-order valence-corrected chi connectivity index (χ3v) is 3.26. The van der Waals surface area contributed by atoms with Gasteiger partial charge in [0.05, 0.1) is 6.20 Å². The first kappa shape index (κ1) is 14.8. The van der Waals surface area contributed by atoms with Crippen LogP contribution in [0.3, 0.4) is 0 Å². The van der Waals surface area contributed by atoms with Crippen LogP contribution in [0.5, 0.6) is 11.5 Å². The van der Waals surface area contributed by atoms with Gasteiger partial charge in [-0.15, -0.1) is 0 Å². The van der Waals surface area contributed by atoms with Crippen molar-refractivity contribution in [3.63, 3.8) is 0 Å². The van der Waals surface area contributed by atoms with Gasteiger partial charge in [-0.3, -0.25) is 9.78 Å². The number of hydrogen-bond acceptors (Lipinski definition) is 3. The lowest BCUT2D eigenvalue weighted by molar-refractivity contribution is 0.102. The number of amides is 1. The highest BCUT2D eigenvalue weighted by Crippen LogP contribution is 2.22. The van der Waals surface area contributed by atoms with E-state index in [0.717, 1.165) is 11.3 Å². The molecule has 2 aromatic carbocycles. The summed E-state index contributed by atoms with van der Waals surface area (Å²) < 4.78 is 5.66. The molecule has 4 heteroatoms. The standard InChI is InChI=1S/C19H16N2O2/c1-14-4-2-5-15(12-14)19(22)21-16-7-9-17(10-8-16)23-18-6-3-11-20-13-18/h2-13H,1H3,(H,21,22). The molecule has 0 aliphatic carbocycles. The fourth-order valence-electron chi connectivity index (χ4n) is 2.14. The van der Waals surface area contributed by atoms with Gasteiger partial charge in [-0.05, 0) is 55.5 Å². The molecule has 4 nitrogen and oxygen atoms in total. The Labute approximate surface area is 134 Å². The summed E-state index contributed by atoms with van der Waals surface area (Å²) in [6.07, 6.45) is 3.34. The second kappa shape index (κ2) is 6.75. The molecule has 23 heavy (non-hydrogen) atoms. The highest BCUT2D eigenvalue weighted by atomic mass is 16.5. The normalized spacial score (nSPS) is 10.1. The third-order valence-electron chi connectivity index (χ3n) is 3.26. The van der Waals surface area contributed by atoms with Crippen molar-refractivity contribution in [1.82, 2.24) is 4.98 Å². The van der Waals surface area contributed by atoms with Gasteiger partial charge in [-0.1, -0.05) is 17.7 Å². The van der Waals surface area contributed by atoms with Crippen LogP contribution in [0.4, 0.5) is 5.69 Å². The molecule has 0 bridgehead atoms. The smallest absolute Gasteiger partial charge is 0.255 e. The van der Waals surface area contributed by atoms with Crippen LogP contribution in [0.15, 0.2) is 73.1 Å². The summed E-state index contributed by atoms with van der Waals surface area (Å²) in [6, 6.07) is 18.3. The fraction of sp³-hybridized carbons (Fsp3) is 0.0526. The zero-order valence-corrected chi connectivity index (χ0v) is 12.7. The van der Waals surface area contributed by atoms with Crippen molar-refractivity contribution >= 4 is 11.6 Å². The molecule has 0 unspecified atom stereocenters. The van der Waals surface area contributed by atoms with Crippen LogP contribution in [0.1, 0.15) is 15.9 Å². The van der Waals surface area contributed by atoms with Crippen LogP contribution in [0.2, 0.25) is 0 Å². The molecular formula is C19H16N2O2. The van der Waals surface area contributed by atoms with Crippen LogP contribution in [-0.2, 0) is 0 Å². The number of rotatable bonds is 4. The molecule has 0 spiro atoms. The highest BCUT2D eigenvalue weighted by molar-refractivity contribution is 6.04. The number of carbonyl (C=O) groups excluding carboxylic acids is 1. The SMILES string of the molecule is Cc1cccc(C(=O)Nc2ccc(Oc3cccnc3)cc2)c1. The Morgan fingerprint density at radius 1 is 1.00 bits per heavy atom. The summed E-state index contributed by atoms with van der Waals surface area (Å²) >= 11 is 0. The molecule has 3 aromatic rings. The average molecular weight is 304 g/mol. The minimum atomic E-state index is -0.130.